The maximum absolute atomic E-state index is 12.2. The maximum Gasteiger partial charge on any atom is 0.270 e. The molecule has 128 valence electrons. The Bertz CT molecular complexity index is 714. The highest BCUT2D eigenvalue weighted by molar-refractivity contribution is 7.13. The van der Waals surface area contributed by atoms with Gasteiger partial charge in [0.1, 0.15) is 10.7 Å². The van der Waals surface area contributed by atoms with Gasteiger partial charge in [0, 0.05) is 29.1 Å². The number of benzene rings is 1. The molecule has 1 saturated heterocycles. The van der Waals surface area contributed by atoms with Gasteiger partial charge >= 0.3 is 0 Å². The third-order valence-corrected chi connectivity index (χ3v) is 4.63. The lowest BCUT2D eigenvalue weighted by Gasteiger charge is -2.23. The smallest absolute Gasteiger partial charge is 0.270 e. The number of hydrogen-bond acceptors (Lipinski definition) is 6. The highest BCUT2D eigenvalue weighted by Gasteiger charge is 2.18. The first-order chi connectivity index (χ1) is 11.1. The van der Waals surface area contributed by atoms with E-state index in [1.807, 2.05) is 0 Å². The summed E-state index contributed by atoms with van der Waals surface area (Å²) in [5.74, 6) is -0.165. The lowest BCUT2D eigenvalue weighted by Crippen LogP contribution is -2.42. The zero-order valence-electron chi connectivity index (χ0n) is 12.7. The van der Waals surface area contributed by atoms with E-state index in [0.717, 1.165) is 31.5 Å². The van der Waals surface area contributed by atoms with Crippen molar-refractivity contribution >= 4 is 35.3 Å². The van der Waals surface area contributed by atoms with Crippen molar-refractivity contribution in [3.63, 3.8) is 0 Å². The molecule has 7 nitrogen and oxygen atoms in total. The molecule has 1 aromatic carbocycles. The van der Waals surface area contributed by atoms with Gasteiger partial charge in [-0.3, -0.25) is 14.9 Å². The summed E-state index contributed by atoms with van der Waals surface area (Å²) in [5, 5.41) is 19.3. The number of amides is 1. The third kappa shape index (κ3) is 4.28. The number of nitro groups is 1. The van der Waals surface area contributed by atoms with Crippen molar-refractivity contribution in [2.75, 3.05) is 13.1 Å². The van der Waals surface area contributed by atoms with Crippen molar-refractivity contribution in [3.05, 3.63) is 45.5 Å². The Hall–Kier alpha value is -2.03. The molecule has 9 heteroatoms. The number of nitro benzene ring substituents is 1. The van der Waals surface area contributed by atoms with Crippen LogP contribution in [0.3, 0.4) is 0 Å². The molecule has 1 aromatic heterocycles. The molecule has 24 heavy (non-hydrogen) atoms. The predicted octanol–water partition coefficient (Wildman–Crippen LogP) is 2.62. The fourth-order valence-corrected chi connectivity index (χ4v) is 3.27. The van der Waals surface area contributed by atoms with Gasteiger partial charge in [-0.05, 0) is 38.1 Å². The summed E-state index contributed by atoms with van der Waals surface area (Å²) in [5.41, 5.74) is 1.19. The van der Waals surface area contributed by atoms with Gasteiger partial charge in [0.25, 0.3) is 11.6 Å². The summed E-state index contributed by atoms with van der Waals surface area (Å²) >= 11 is 1.35. The molecule has 0 unspecified atom stereocenters. The van der Waals surface area contributed by atoms with Gasteiger partial charge in [-0.2, -0.15) is 0 Å². The SMILES string of the molecule is Cl.O=C(NC1CCNCC1)c1csc(-c2ccc([N+](=O)[O-])cc2)n1. The number of rotatable bonds is 4. The number of aromatic nitrogens is 1. The maximum atomic E-state index is 12.2. The molecule has 0 bridgehead atoms. The van der Waals surface area contributed by atoms with Gasteiger partial charge < -0.3 is 10.6 Å². The van der Waals surface area contributed by atoms with E-state index < -0.39 is 4.92 Å². The first-order valence-corrected chi connectivity index (χ1v) is 8.23. The highest BCUT2D eigenvalue weighted by Crippen LogP contribution is 2.25. The number of hydrogen-bond donors (Lipinski definition) is 2. The van der Waals surface area contributed by atoms with Crippen LogP contribution in [0, 0.1) is 10.1 Å². The minimum absolute atomic E-state index is 0. The van der Waals surface area contributed by atoms with Crippen LogP contribution in [0.2, 0.25) is 0 Å². The molecular formula is C15H17ClN4O3S. The predicted molar refractivity (Wildman–Crippen MR) is 94.8 cm³/mol. The Morgan fingerprint density at radius 2 is 1.96 bits per heavy atom. The molecule has 1 fully saturated rings. The lowest BCUT2D eigenvalue weighted by atomic mass is 10.1. The largest absolute Gasteiger partial charge is 0.348 e. The van der Waals surface area contributed by atoms with Crippen LogP contribution in [0.1, 0.15) is 23.3 Å². The monoisotopic (exact) mass is 368 g/mol. The second kappa shape index (κ2) is 8.18. The number of thiazole rings is 1. The number of carbonyl (C=O) groups is 1. The van der Waals surface area contributed by atoms with E-state index in [9.17, 15) is 14.9 Å². The summed E-state index contributed by atoms with van der Waals surface area (Å²) < 4.78 is 0. The normalized spacial score (nSPS) is 14.7. The highest BCUT2D eigenvalue weighted by atomic mass is 35.5. The van der Waals surface area contributed by atoms with E-state index in [4.69, 9.17) is 0 Å². The van der Waals surface area contributed by atoms with E-state index in [-0.39, 0.29) is 30.0 Å². The fourth-order valence-electron chi connectivity index (χ4n) is 2.46. The molecule has 2 aromatic rings. The minimum Gasteiger partial charge on any atom is -0.348 e. The van der Waals surface area contributed by atoms with Crippen LogP contribution in [0.5, 0.6) is 0 Å². The van der Waals surface area contributed by atoms with Gasteiger partial charge in [0.2, 0.25) is 0 Å². The van der Waals surface area contributed by atoms with Crippen LogP contribution in [0.15, 0.2) is 29.6 Å². The molecule has 2 N–H and O–H groups in total. The average Bonchev–Trinajstić information content (AvgIpc) is 3.06. The summed E-state index contributed by atoms with van der Waals surface area (Å²) in [6, 6.07) is 6.35. The molecule has 0 radical (unpaired) electrons. The molecule has 0 spiro atoms. The quantitative estimate of drug-likeness (QED) is 0.638. The summed E-state index contributed by atoms with van der Waals surface area (Å²) in [7, 11) is 0. The number of piperidine rings is 1. The molecule has 2 heterocycles. The van der Waals surface area contributed by atoms with E-state index in [2.05, 4.69) is 15.6 Å². The number of nitrogens with one attached hydrogen (secondary N) is 2. The molecule has 1 aliphatic heterocycles. The van der Waals surface area contributed by atoms with Gasteiger partial charge in [0.15, 0.2) is 0 Å². The van der Waals surface area contributed by atoms with Gasteiger partial charge in [-0.1, -0.05) is 0 Å². The Kier molecular flexibility index (Phi) is 6.24. The van der Waals surface area contributed by atoms with Crippen molar-refractivity contribution in [2.45, 2.75) is 18.9 Å². The second-order valence-electron chi connectivity index (χ2n) is 5.34. The summed E-state index contributed by atoms with van der Waals surface area (Å²) in [4.78, 5) is 26.8. The first kappa shape index (κ1) is 18.3. The number of non-ortho nitro benzene ring substituents is 1. The molecule has 1 amide bonds. The van der Waals surface area contributed by atoms with Crippen molar-refractivity contribution in [2.24, 2.45) is 0 Å². The van der Waals surface area contributed by atoms with Crippen LogP contribution in [-0.4, -0.2) is 34.9 Å². The molecular weight excluding hydrogens is 352 g/mol. The Labute approximate surface area is 149 Å². The Morgan fingerprint density at radius 1 is 1.29 bits per heavy atom. The van der Waals surface area contributed by atoms with Crippen molar-refractivity contribution in [1.29, 1.82) is 0 Å². The van der Waals surface area contributed by atoms with Gasteiger partial charge in [-0.25, -0.2) is 4.98 Å². The third-order valence-electron chi connectivity index (χ3n) is 3.74. The Balaban J connectivity index is 0.00000208. The van der Waals surface area contributed by atoms with E-state index in [1.54, 1.807) is 17.5 Å². The van der Waals surface area contributed by atoms with E-state index >= 15 is 0 Å². The number of halogens is 1. The van der Waals surface area contributed by atoms with Crippen molar-refractivity contribution in [3.8, 4) is 10.6 Å². The average molecular weight is 369 g/mol. The molecule has 1 aliphatic rings. The van der Waals surface area contributed by atoms with Gasteiger partial charge in [-0.15, -0.1) is 23.7 Å². The van der Waals surface area contributed by atoms with Crippen LogP contribution in [0.25, 0.3) is 10.6 Å². The van der Waals surface area contributed by atoms with Crippen LogP contribution in [-0.2, 0) is 0 Å². The molecule has 3 rings (SSSR count). The lowest BCUT2D eigenvalue weighted by molar-refractivity contribution is -0.384. The van der Waals surface area contributed by atoms with Crippen molar-refractivity contribution < 1.29 is 9.72 Å². The van der Waals surface area contributed by atoms with Crippen LogP contribution >= 0.6 is 23.7 Å². The first-order valence-electron chi connectivity index (χ1n) is 7.35. The van der Waals surface area contributed by atoms with Crippen LogP contribution < -0.4 is 10.6 Å². The standard InChI is InChI=1S/C15H16N4O3S.ClH/c20-14(17-11-5-7-16-8-6-11)13-9-23-15(18-13)10-1-3-12(4-2-10)19(21)22;/h1-4,9,11,16H,5-8H2,(H,17,20);1H. The van der Waals surface area contributed by atoms with E-state index in [1.165, 1.54) is 23.5 Å². The zero-order valence-corrected chi connectivity index (χ0v) is 14.4. The topological polar surface area (TPSA) is 97.2 Å². The molecule has 0 saturated carbocycles. The number of carbonyl (C=O) groups excluding carboxylic acids is 1. The van der Waals surface area contributed by atoms with Crippen molar-refractivity contribution in [1.82, 2.24) is 15.6 Å². The Morgan fingerprint density at radius 3 is 2.58 bits per heavy atom. The fraction of sp³-hybridized carbons (Fsp3) is 0.333. The van der Waals surface area contributed by atoms with Crippen LogP contribution in [0.4, 0.5) is 5.69 Å². The van der Waals surface area contributed by atoms with Gasteiger partial charge in [0.05, 0.1) is 4.92 Å². The second-order valence-corrected chi connectivity index (χ2v) is 6.20. The summed E-state index contributed by atoms with van der Waals surface area (Å²) in [6.07, 6.45) is 1.84. The molecule has 0 aliphatic carbocycles. The summed E-state index contributed by atoms with van der Waals surface area (Å²) in [6.45, 7) is 1.83. The number of nitrogens with zero attached hydrogens (tertiary/aromatic N) is 2. The molecule has 0 atom stereocenters. The van der Waals surface area contributed by atoms with E-state index in [0.29, 0.717) is 10.7 Å². The minimum atomic E-state index is -0.441. The zero-order chi connectivity index (χ0) is 16.2.